The molecule has 106 valence electrons. The molecule has 1 unspecified atom stereocenters. The van der Waals surface area contributed by atoms with E-state index in [-0.39, 0.29) is 17.1 Å². The Morgan fingerprint density at radius 1 is 1.37 bits per heavy atom. The number of benzene rings is 1. The molecule has 0 aromatic heterocycles. The van der Waals surface area contributed by atoms with Gasteiger partial charge in [-0.3, -0.25) is 9.00 Å². The first kappa shape index (κ1) is 15.9. The molecule has 0 aliphatic heterocycles. The van der Waals surface area contributed by atoms with Gasteiger partial charge in [0.2, 0.25) is 5.91 Å². The second-order valence-corrected chi connectivity index (χ2v) is 7.69. The van der Waals surface area contributed by atoms with Crippen LogP contribution in [0.5, 0.6) is 0 Å². The van der Waals surface area contributed by atoms with E-state index in [2.05, 4.69) is 5.32 Å². The van der Waals surface area contributed by atoms with Crippen molar-refractivity contribution in [1.29, 1.82) is 0 Å². The molecule has 0 bridgehead atoms. The molecule has 19 heavy (non-hydrogen) atoms. The zero-order valence-corrected chi connectivity index (χ0v) is 12.5. The van der Waals surface area contributed by atoms with Gasteiger partial charge < -0.3 is 11.1 Å². The minimum atomic E-state index is -1.00. The normalized spacial score (nSPS) is 13.1. The van der Waals surface area contributed by atoms with Gasteiger partial charge in [-0.15, -0.1) is 0 Å². The smallest absolute Gasteiger partial charge is 0.225 e. The summed E-state index contributed by atoms with van der Waals surface area (Å²) in [5.74, 6) is 0.262. The van der Waals surface area contributed by atoms with Gasteiger partial charge in [-0.25, -0.2) is 0 Å². The summed E-state index contributed by atoms with van der Waals surface area (Å²) in [6, 6.07) is 7.42. The molecule has 0 spiro atoms. The molecular formula is C14H22N2O2S. The average molecular weight is 282 g/mol. The maximum atomic E-state index is 11.8. The first-order valence-electron chi connectivity index (χ1n) is 6.30. The Labute approximate surface area is 117 Å². The molecule has 5 heteroatoms. The van der Waals surface area contributed by atoms with Gasteiger partial charge in [-0.1, -0.05) is 12.1 Å². The number of nitrogens with two attached hydrogens (primary N) is 1. The number of carbonyl (C=O) groups is 1. The van der Waals surface area contributed by atoms with Gasteiger partial charge in [0.05, 0.1) is 0 Å². The highest BCUT2D eigenvalue weighted by Gasteiger charge is 2.19. The molecule has 4 nitrogen and oxygen atoms in total. The number of nitrogens with one attached hydrogen (secondary N) is 1. The standard InChI is InChI=1S/C14H22N2O2S/c1-14(2,3)19(18)8-7-13(17)16-12-6-4-5-11(9-12)10-15/h4-6,9H,7-8,10,15H2,1-3H3,(H,16,17). The second-order valence-electron chi connectivity index (χ2n) is 5.36. The van der Waals surface area contributed by atoms with E-state index in [1.807, 2.05) is 45.0 Å². The summed E-state index contributed by atoms with van der Waals surface area (Å²) in [6.07, 6.45) is 0.261. The zero-order chi connectivity index (χ0) is 14.5. The third-order valence-electron chi connectivity index (χ3n) is 2.64. The first-order chi connectivity index (χ1) is 8.82. The van der Waals surface area contributed by atoms with Crippen LogP contribution in [0.2, 0.25) is 0 Å². The largest absolute Gasteiger partial charge is 0.326 e. The van der Waals surface area contributed by atoms with Crippen LogP contribution >= 0.6 is 0 Å². The Balaban J connectivity index is 2.49. The summed E-state index contributed by atoms with van der Waals surface area (Å²) in [4.78, 5) is 11.8. The number of hydrogen-bond donors (Lipinski definition) is 2. The second kappa shape index (κ2) is 6.82. The Bertz CT molecular complexity index is 467. The molecule has 1 amide bonds. The highest BCUT2D eigenvalue weighted by Crippen LogP contribution is 2.13. The van der Waals surface area contributed by atoms with E-state index < -0.39 is 10.8 Å². The number of anilines is 1. The predicted octanol–water partition coefficient (Wildman–Crippen LogP) is 2.02. The highest BCUT2D eigenvalue weighted by atomic mass is 32.2. The average Bonchev–Trinajstić information content (AvgIpc) is 2.35. The lowest BCUT2D eigenvalue weighted by atomic mass is 10.2. The maximum absolute atomic E-state index is 11.8. The van der Waals surface area contributed by atoms with Crippen LogP contribution in [0.4, 0.5) is 5.69 Å². The fraction of sp³-hybridized carbons (Fsp3) is 0.500. The van der Waals surface area contributed by atoms with Gasteiger partial charge in [0.1, 0.15) is 0 Å². The van der Waals surface area contributed by atoms with Crippen molar-refractivity contribution < 1.29 is 9.00 Å². The number of carbonyl (C=O) groups excluding carboxylic acids is 1. The van der Waals surface area contributed by atoms with Crippen LogP contribution in [-0.2, 0) is 22.1 Å². The summed E-state index contributed by atoms with van der Waals surface area (Å²) in [5, 5.41) is 2.79. The van der Waals surface area contributed by atoms with Crippen molar-refractivity contribution in [2.75, 3.05) is 11.1 Å². The van der Waals surface area contributed by atoms with Crippen molar-refractivity contribution in [3.8, 4) is 0 Å². The van der Waals surface area contributed by atoms with Gasteiger partial charge in [-0.05, 0) is 38.5 Å². The molecule has 3 N–H and O–H groups in total. The van der Waals surface area contributed by atoms with Gasteiger partial charge in [0, 0.05) is 40.0 Å². The van der Waals surface area contributed by atoms with Crippen LogP contribution in [0.25, 0.3) is 0 Å². The van der Waals surface area contributed by atoms with Crippen LogP contribution < -0.4 is 11.1 Å². The topological polar surface area (TPSA) is 72.2 Å². The van der Waals surface area contributed by atoms with Crippen LogP contribution in [-0.4, -0.2) is 20.6 Å². The molecule has 1 atom stereocenters. The third kappa shape index (κ3) is 5.53. The minimum Gasteiger partial charge on any atom is -0.326 e. The van der Waals surface area contributed by atoms with Crippen LogP contribution in [0.15, 0.2) is 24.3 Å². The summed E-state index contributed by atoms with van der Waals surface area (Å²) in [5.41, 5.74) is 7.24. The van der Waals surface area contributed by atoms with E-state index in [4.69, 9.17) is 5.73 Å². The molecule has 0 radical (unpaired) electrons. The van der Waals surface area contributed by atoms with Gasteiger partial charge in [0.15, 0.2) is 0 Å². The molecule has 0 aliphatic rings. The maximum Gasteiger partial charge on any atom is 0.225 e. The molecule has 1 aromatic rings. The van der Waals surface area contributed by atoms with E-state index in [1.165, 1.54) is 0 Å². The van der Waals surface area contributed by atoms with Crippen molar-refractivity contribution >= 4 is 22.4 Å². The molecular weight excluding hydrogens is 260 g/mol. The molecule has 0 saturated heterocycles. The fourth-order valence-corrected chi connectivity index (χ4v) is 2.47. The van der Waals surface area contributed by atoms with E-state index >= 15 is 0 Å². The molecule has 1 rings (SSSR count). The summed E-state index contributed by atoms with van der Waals surface area (Å²) < 4.78 is 11.6. The quantitative estimate of drug-likeness (QED) is 0.868. The van der Waals surface area contributed by atoms with E-state index in [1.54, 1.807) is 0 Å². The summed E-state index contributed by atoms with van der Waals surface area (Å²) in [6.45, 7) is 6.17. The van der Waals surface area contributed by atoms with E-state index in [0.29, 0.717) is 12.3 Å². The van der Waals surface area contributed by atoms with Crippen LogP contribution in [0.3, 0.4) is 0 Å². The van der Waals surface area contributed by atoms with E-state index in [0.717, 1.165) is 11.3 Å². The molecule has 1 aromatic carbocycles. The fourth-order valence-electron chi connectivity index (χ4n) is 1.49. The lowest BCUT2D eigenvalue weighted by Gasteiger charge is -2.17. The summed E-state index contributed by atoms with van der Waals surface area (Å²) >= 11 is 0. The van der Waals surface area contributed by atoms with Gasteiger partial charge >= 0.3 is 0 Å². The first-order valence-corrected chi connectivity index (χ1v) is 7.62. The Morgan fingerprint density at radius 3 is 2.63 bits per heavy atom. The lowest BCUT2D eigenvalue weighted by molar-refractivity contribution is -0.115. The van der Waals surface area contributed by atoms with Gasteiger partial charge in [0.25, 0.3) is 0 Å². The Kier molecular flexibility index (Phi) is 5.69. The predicted molar refractivity (Wildman–Crippen MR) is 80.3 cm³/mol. The monoisotopic (exact) mass is 282 g/mol. The zero-order valence-electron chi connectivity index (χ0n) is 11.7. The van der Waals surface area contributed by atoms with Crippen molar-refractivity contribution in [1.82, 2.24) is 0 Å². The van der Waals surface area contributed by atoms with Crippen molar-refractivity contribution in [3.05, 3.63) is 29.8 Å². The van der Waals surface area contributed by atoms with E-state index in [9.17, 15) is 9.00 Å². The molecule has 0 fully saturated rings. The Morgan fingerprint density at radius 2 is 2.05 bits per heavy atom. The SMILES string of the molecule is CC(C)(C)S(=O)CCC(=O)Nc1cccc(CN)c1. The van der Waals surface area contributed by atoms with Crippen LogP contribution in [0.1, 0.15) is 32.8 Å². The number of amides is 1. The lowest BCUT2D eigenvalue weighted by Crippen LogP contribution is -2.26. The van der Waals surface area contributed by atoms with Crippen molar-refractivity contribution in [2.45, 2.75) is 38.5 Å². The number of hydrogen-bond acceptors (Lipinski definition) is 3. The minimum absolute atomic E-state index is 0.119. The van der Waals surface area contributed by atoms with Crippen molar-refractivity contribution in [2.24, 2.45) is 5.73 Å². The number of rotatable bonds is 5. The molecule has 0 aliphatic carbocycles. The highest BCUT2D eigenvalue weighted by molar-refractivity contribution is 7.86. The van der Waals surface area contributed by atoms with Crippen LogP contribution in [0, 0.1) is 0 Å². The van der Waals surface area contributed by atoms with Gasteiger partial charge in [-0.2, -0.15) is 0 Å². The molecule has 0 saturated carbocycles. The van der Waals surface area contributed by atoms with Crippen molar-refractivity contribution in [3.63, 3.8) is 0 Å². The third-order valence-corrected chi connectivity index (χ3v) is 4.58. The molecule has 0 heterocycles. The summed E-state index contributed by atoms with van der Waals surface area (Å²) in [7, 11) is -1.00. The Hall–Kier alpha value is -1.20.